The molecule has 2 aromatic rings. The molecular weight excluding hydrogens is 411 g/mol. The van der Waals surface area contributed by atoms with E-state index < -0.39 is 6.10 Å². The number of carbonyl (C=O) groups is 2. The molecule has 2 atom stereocenters. The number of ether oxygens (including phenoxy) is 2. The predicted octanol–water partition coefficient (Wildman–Crippen LogP) is 3.85. The number of amides is 2. The molecule has 0 aromatic heterocycles. The van der Waals surface area contributed by atoms with Crippen LogP contribution in [0.1, 0.15) is 37.3 Å². The molecule has 0 N–H and O–H groups in total. The van der Waals surface area contributed by atoms with Crippen molar-refractivity contribution in [3.8, 4) is 5.75 Å². The van der Waals surface area contributed by atoms with Crippen LogP contribution in [0.5, 0.6) is 5.75 Å². The molecule has 4 rings (SSSR count). The Labute approximate surface area is 187 Å². The highest BCUT2D eigenvalue weighted by atomic mass is 19.1. The Kier molecular flexibility index (Phi) is 6.74. The molecule has 1 saturated heterocycles. The number of anilines is 1. The first-order valence-corrected chi connectivity index (χ1v) is 11.2. The maximum atomic E-state index is 14.3. The smallest absolute Gasteiger partial charge is 0.268 e. The summed E-state index contributed by atoms with van der Waals surface area (Å²) in [5.74, 6) is -0.245. The first-order chi connectivity index (χ1) is 15.5. The third kappa shape index (κ3) is 4.78. The van der Waals surface area contributed by atoms with E-state index in [-0.39, 0.29) is 36.8 Å². The van der Waals surface area contributed by atoms with Crippen LogP contribution in [-0.4, -0.2) is 48.6 Å². The van der Waals surface area contributed by atoms with Gasteiger partial charge in [0.25, 0.3) is 5.91 Å². The van der Waals surface area contributed by atoms with Gasteiger partial charge in [-0.1, -0.05) is 31.2 Å². The van der Waals surface area contributed by atoms with Crippen LogP contribution in [0, 0.1) is 12.7 Å². The molecule has 0 spiro atoms. The van der Waals surface area contributed by atoms with Crippen LogP contribution in [-0.2, 0) is 20.9 Å². The van der Waals surface area contributed by atoms with Gasteiger partial charge in [0.05, 0.1) is 11.8 Å². The first-order valence-electron chi connectivity index (χ1n) is 11.2. The van der Waals surface area contributed by atoms with E-state index in [4.69, 9.17) is 9.47 Å². The number of rotatable bonds is 7. The van der Waals surface area contributed by atoms with Crippen molar-refractivity contribution in [3.05, 3.63) is 59.4 Å². The molecule has 0 aliphatic carbocycles. The summed E-state index contributed by atoms with van der Waals surface area (Å²) in [5, 5.41) is 0. The Morgan fingerprint density at radius 2 is 2.06 bits per heavy atom. The van der Waals surface area contributed by atoms with Crippen LogP contribution >= 0.6 is 0 Å². The van der Waals surface area contributed by atoms with E-state index in [0.29, 0.717) is 36.6 Å². The van der Waals surface area contributed by atoms with Gasteiger partial charge in [-0.25, -0.2) is 4.39 Å². The number of fused-ring (bicyclic) bond motifs is 1. The minimum atomic E-state index is -0.629. The topological polar surface area (TPSA) is 59.1 Å². The Hall–Kier alpha value is -2.93. The minimum absolute atomic E-state index is 0.0796. The highest BCUT2D eigenvalue weighted by Gasteiger charge is 2.36. The monoisotopic (exact) mass is 440 g/mol. The van der Waals surface area contributed by atoms with Gasteiger partial charge in [0.2, 0.25) is 5.91 Å². The second kappa shape index (κ2) is 9.69. The van der Waals surface area contributed by atoms with E-state index >= 15 is 0 Å². The summed E-state index contributed by atoms with van der Waals surface area (Å²) < 4.78 is 25.9. The summed E-state index contributed by atoms with van der Waals surface area (Å²) in [6.45, 7) is 4.84. The second-order valence-electron chi connectivity index (χ2n) is 8.41. The van der Waals surface area contributed by atoms with Crippen molar-refractivity contribution in [2.75, 3.05) is 24.6 Å². The molecule has 7 heteroatoms. The molecule has 6 nitrogen and oxygen atoms in total. The number of benzene rings is 2. The Morgan fingerprint density at radius 1 is 1.25 bits per heavy atom. The Balaban J connectivity index is 1.59. The van der Waals surface area contributed by atoms with Gasteiger partial charge in [0, 0.05) is 25.3 Å². The molecule has 2 aliphatic heterocycles. The highest BCUT2D eigenvalue weighted by molar-refractivity contribution is 6.03. The number of halogens is 1. The van der Waals surface area contributed by atoms with Crippen molar-refractivity contribution in [3.63, 3.8) is 0 Å². The van der Waals surface area contributed by atoms with E-state index in [1.807, 2.05) is 32.0 Å². The zero-order chi connectivity index (χ0) is 22.7. The van der Waals surface area contributed by atoms with Crippen LogP contribution in [0.3, 0.4) is 0 Å². The van der Waals surface area contributed by atoms with Crippen molar-refractivity contribution in [1.29, 1.82) is 0 Å². The molecule has 0 bridgehead atoms. The van der Waals surface area contributed by atoms with Crippen molar-refractivity contribution < 1.29 is 23.5 Å². The number of aryl methyl sites for hydroxylation is 1. The zero-order valence-electron chi connectivity index (χ0n) is 18.6. The lowest BCUT2D eigenvalue weighted by molar-refractivity contribution is -0.135. The van der Waals surface area contributed by atoms with E-state index in [1.54, 1.807) is 23.1 Å². The van der Waals surface area contributed by atoms with Gasteiger partial charge in [-0.2, -0.15) is 0 Å². The second-order valence-corrected chi connectivity index (χ2v) is 8.41. The molecule has 1 fully saturated rings. The lowest BCUT2D eigenvalue weighted by Gasteiger charge is -2.35. The summed E-state index contributed by atoms with van der Waals surface area (Å²) in [7, 11) is 0. The fourth-order valence-corrected chi connectivity index (χ4v) is 4.21. The maximum Gasteiger partial charge on any atom is 0.268 e. The van der Waals surface area contributed by atoms with Crippen molar-refractivity contribution in [1.82, 2.24) is 4.90 Å². The Bertz CT molecular complexity index is 990. The molecule has 2 heterocycles. The average molecular weight is 441 g/mol. The van der Waals surface area contributed by atoms with E-state index in [2.05, 4.69) is 0 Å². The van der Waals surface area contributed by atoms with Gasteiger partial charge >= 0.3 is 0 Å². The molecule has 0 unspecified atom stereocenters. The van der Waals surface area contributed by atoms with Gasteiger partial charge in [-0.3, -0.25) is 14.5 Å². The maximum absolute atomic E-state index is 14.3. The van der Waals surface area contributed by atoms with E-state index in [1.165, 1.54) is 11.0 Å². The lowest BCUT2D eigenvalue weighted by Crippen LogP contribution is -2.51. The average Bonchev–Trinajstić information content (AvgIpc) is 3.30. The molecule has 170 valence electrons. The highest BCUT2D eigenvalue weighted by Crippen LogP contribution is 2.35. The fraction of sp³-hybridized carbons (Fsp3) is 0.440. The van der Waals surface area contributed by atoms with Gasteiger partial charge in [0.1, 0.15) is 18.1 Å². The van der Waals surface area contributed by atoms with Gasteiger partial charge in [-0.15, -0.1) is 0 Å². The molecule has 2 amide bonds. The fourth-order valence-electron chi connectivity index (χ4n) is 4.21. The standard InChI is InChI=1S/C25H29FN2O4/c1-3-22-25(30)28(21-13-17(2)10-11-23(21)32-22)16-24(29)27(15-19-8-6-12-31-19)14-18-7-4-5-9-20(18)26/h4-5,7,9-11,13,19,22H,3,6,8,12,14-16H2,1-2H3/t19-,22-/m0/s1. The third-order valence-electron chi connectivity index (χ3n) is 6.00. The zero-order valence-corrected chi connectivity index (χ0v) is 18.6. The molecule has 0 radical (unpaired) electrons. The number of hydrogen-bond acceptors (Lipinski definition) is 4. The number of nitrogens with zero attached hydrogens (tertiary/aromatic N) is 2. The molecule has 2 aromatic carbocycles. The van der Waals surface area contributed by atoms with Crippen LogP contribution in [0.2, 0.25) is 0 Å². The van der Waals surface area contributed by atoms with Gasteiger partial charge < -0.3 is 14.4 Å². The van der Waals surface area contributed by atoms with Gasteiger partial charge in [0.15, 0.2) is 6.10 Å². The first kappa shape index (κ1) is 22.3. The van der Waals surface area contributed by atoms with Gasteiger partial charge in [-0.05, 0) is 49.9 Å². The van der Waals surface area contributed by atoms with E-state index in [0.717, 1.165) is 18.4 Å². The summed E-state index contributed by atoms with van der Waals surface area (Å²) in [6, 6.07) is 12.1. The lowest BCUT2D eigenvalue weighted by atomic mass is 10.1. The van der Waals surface area contributed by atoms with Crippen LogP contribution in [0.4, 0.5) is 10.1 Å². The molecular formula is C25H29FN2O4. The quantitative estimate of drug-likeness (QED) is 0.656. The molecule has 2 aliphatic rings. The van der Waals surface area contributed by atoms with Crippen LogP contribution in [0.25, 0.3) is 0 Å². The van der Waals surface area contributed by atoms with Crippen molar-refractivity contribution in [2.45, 2.75) is 51.9 Å². The normalized spacial score (nSPS) is 20.1. The van der Waals surface area contributed by atoms with E-state index in [9.17, 15) is 14.0 Å². The number of hydrogen-bond donors (Lipinski definition) is 0. The summed E-state index contributed by atoms with van der Waals surface area (Å²) in [6.07, 6.45) is 1.60. The summed E-state index contributed by atoms with van der Waals surface area (Å²) in [4.78, 5) is 29.7. The van der Waals surface area contributed by atoms with Crippen molar-refractivity contribution >= 4 is 17.5 Å². The summed E-state index contributed by atoms with van der Waals surface area (Å²) >= 11 is 0. The molecule has 0 saturated carbocycles. The third-order valence-corrected chi connectivity index (χ3v) is 6.00. The van der Waals surface area contributed by atoms with Crippen molar-refractivity contribution in [2.24, 2.45) is 0 Å². The summed E-state index contributed by atoms with van der Waals surface area (Å²) in [5.41, 5.74) is 2.00. The SMILES string of the molecule is CC[C@@H]1Oc2ccc(C)cc2N(CC(=O)N(Cc2ccccc2F)C[C@@H]2CCCO2)C1=O. The molecule has 32 heavy (non-hydrogen) atoms. The van der Waals surface area contributed by atoms with Crippen LogP contribution in [0.15, 0.2) is 42.5 Å². The Morgan fingerprint density at radius 3 is 2.78 bits per heavy atom. The predicted molar refractivity (Wildman–Crippen MR) is 119 cm³/mol. The minimum Gasteiger partial charge on any atom is -0.478 e. The largest absolute Gasteiger partial charge is 0.478 e. The number of carbonyl (C=O) groups excluding carboxylic acids is 2. The van der Waals surface area contributed by atoms with Crippen LogP contribution < -0.4 is 9.64 Å².